The number of carbonyl (C=O) groups excluding carboxylic acids is 2. The predicted molar refractivity (Wildman–Crippen MR) is 133 cm³/mol. The Labute approximate surface area is 207 Å². The normalized spacial score (nSPS) is 15.0. The van der Waals surface area contributed by atoms with Gasteiger partial charge in [0.2, 0.25) is 5.91 Å². The lowest BCUT2D eigenvalue weighted by atomic mass is 10.1. The minimum atomic E-state index is -0.437. The van der Waals surface area contributed by atoms with E-state index in [1.54, 1.807) is 30.2 Å². The lowest BCUT2D eigenvalue weighted by Crippen LogP contribution is -2.54. The molecule has 0 aliphatic carbocycles. The largest absolute Gasteiger partial charge is 0.336 e. The maximum Gasteiger partial charge on any atom is 0.255 e. The van der Waals surface area contributed by atoms with Gasteiger partial charge in [0.15, 0.2) is 0 Å². The summed E-state index contributed by atoms with van der Waals surface area (Å²) in [7, 11) is 0. The van der Waals surface area contributed by atoms with E-state index >= 15 is 0 Å². The van der Waals surface area contributed by atoms with E-state index in [2.05, 4.69) is 5.32 Å². The van der Waals surface area contributed by atoms with Crippen LogP contribution in [0.2, 0.25) is 5.02 Å². The summed E-state index contributed by atoms with van der Waals surface area (Å²) in [6.45, 7) is 3.98. The predicted octanol–water partition coefficient (Wildman–Crippen LogP) is 3.47. The van der Waals surface area contributed by atoms with Gasteiger partial charge < -0.3 is 14.8 Å². The van der Waals surface area contributed by atoms with Crippen molar-refractivity contribution in [1.29, 1.82) is 0 Å². The molecule has 9 heteroatoms. The van der Waals surface area contributed by atoms with Crippen molar-refractivity contribution < 1.29 is 14.0 Å². The Morgan fingerprint density at radius 2 is 1.77 bits per heavy atom. The number of pyridine rings is 1. The molecule has 35 heavy (non-hydrogen) atoms. The fourth-order valence-electron chi connectivity index (χ4n) is 4.07. The maximum atomic E-state index is 13.4. The first-order valence-corrected chi connectivity index (χ1v) is 11.7. The number of benzene rings is 2. The van der Waals surface area contributed by atoms with Crippen LogP contribution in [0.1, 0.15) is 22.8 Å². The summed E-state index contributed by atoms with van der Waals surface area (Å²) in [6, 6.07) is 15.5. The lowest BCUT2D eigenvalue weighted by Gasteiger charge is -2.37. The molecule has 0 saturated carbocycles. The highest BCUT2D eigenvalue weighted by molar-refractivity contribution is 6.31. The zero-order chi connectivity index (χ0) is 24.9. The van der Waals surface area contributed by atoms with Crippen LogP contribution in [0.5, 0.6) is 0 Å². The summed E-state index contributed by atoms with van der Waals surface area (Å²) < 4.78 is 14.9. The number of halogens is 2. The topological polar surface area (TPSA) is 74.7 Å². The summed E-state index contributed by atoms with van der Waals surface area (Å²) in [5, 5.41) is 3.29. The fraction of sp³-hybridized carbons (Fsp3) is 0.269. The highest BCUT2D eigenvalue weighted by Crippen LogP contribution is 2.17. The van der Waals surface area contributed by atoms with Crippen molar-refractivity contribution in [1.82, 2.24) is 14.4 Å². The van der Waals surface area contributed by atoms with Gasteiger partial charge in [-0.2, -0.15) is 0 Å². The summed E-state index contributed by atoms with van der Waals surface area (Å²) in [6.07, 6.45) is 1.56. The van der Waals surface area contributed by atoms with Crippen LogP contribution in [0.25, 0.3) is 0 Å². The molecular weight excluding hydrogens is 471 g/mol. The highest BCUT2D eigenvalue weighted by atomic mass is 35.5. The SMILES string of the molecule is CC(C(=O)Nc1cccc(F)c1)N1CCN(C(=O)c2ccc(=O)n(Cc3ccccc3Cl)c2)CC1. The number of aromatic nitrogens is 1. The van der Waals surface area contributed by atoms with Crippen LogP contribution in [0, 0.1) is 5.82 Å². The number of hydrogen-bond acceptors (Lipinski definition) is 4. The van der Waals surface area contributed by atoms with E-state index in [4.69, 9.17) is 11.6 Å². The molecule has 3 aromatic rings. The van der Waals surface area contributed by atoms with Crippen molar-refractivity contribution in [2.75, 3.05) is 31.5 Å². The van der Waals surface area contributed by atoms with E-state index in [9.17, 15) is 18.8 Å². The van der Waals surface area contributed by atoms with Gasteiger partial charge in [0.25, 0.3) is 11.5 Å². The van der Waals surface area contributed by atoms with Crippen molar-refractivity contribution in [2.45, 2.75) is 19.5 Å². The quantitative estimate of drug-likeness (QED) is 0.567. The Kier molecular flexibility index (Phi) is 7.63. The number of rotatable bonds is 6. The van der Waals surface area contributed by atoms with Gasteiger partial charge in [-0.1, -0.05) is 35.9 Å². The van der Waals surface area contributed by atoms with E-state index in [-0.39, 0.29) is 23.9 Å². The van der Waals surface area contributed by atoms with Crippen LogP contribution >= 0.6 is 11.6 Å². The molecule has 0 spiro atoms. The number of nitrogens with zero attached hydrogens (tertiary/aromatic N) is 3. The second-order valence-electron chi connectivity index (χ2n) is 8.48. The molecule has 182 valence electrons. The summed E-state index contributed by atoms with van der Waals surface area (Å²) in [4.78, 5) is 41.8. The van der Waals surface area contributed by atoms with E-state index in [1.807, 2.05) is 23.1 Å². The number of carbonyl (C=O) groups is 2. The molecule has 7 nitrogen and oxygen atoms in total. The smallest absolute Gasteiger partial charge is 0.255 e. The average Bonchev–Trinajstić information content (AvgIpc) is 2.86. The Morgan fingerprint density at radius 1 is 1.03 bits per heavy atom. The average molecular weight is 497 g/mol. The van der Waals surface area contributed by atoms with Crippen molar-refractivity contribution in [3.8, 4) is 0 Å². The molecule has 2 heterocycles. The van der Waals surface area contributed by atoms with Gasteiger partial charge in [0.05, 0.1) is 18.2 Å². The molecule has 1 atom stereocenters. The minimum Gasteiger partial charge on any atom is -0.336 e. The van der Waals surface area contributed by atoms with Crippen molar-refractivity contribution in [2.24, 2.45) is 0 Å². The molecule has 0 bridgehead atoms. The molecule has 1 fully saturated rings. The first-order chi connectivity index (χ1) is 16.8. The van der Waals surface area contributed by atoms with Gasteiger partial charge in [-0.05, 0) is 42.8 Å². The standard InChI is InChI=1S/C26H26ClFN4O3/c1-18(25(34)29-22-7-4-6-21(28)15-22)30-11-13-31(14-12-30)26(35)20-9-10-24(33)32(17-20)16-19-5-2-3-8-23(19)27/h2-10,15,17-18H,11-14,16H2,1H3,(H,29,34). The highest BCUT2D eigenvalue weighted by Gasteiger charge is 2.28. The van der Waals surface area contributed by atoms with Crippen LogP contribution in [-0.4, -0.2) is 58.4 Å². The summed E-state index contributed by atoms with van der Waals surface area (Å²) in [5.74, 6) is -0.822. The number of hydrogen-bond donors (Lipinski definition) is 1. The van der Waals surface area contributed by atoms with Gasteiger partial charge in [0.1, 0.15) is 5.82 Å². The third-order valence-corrected chi connectivity index (χ3v) is 6.52. The Bertz CT molecular complexity index is 1290. The molecule has 1 aromatic heterocycles. The first kappa shape index (κ1) is 24.6. The summed E-state index contributed by atoms with van der Waals surface area (Å²) in [5.41, 5.74) is 1.40. The maximum absolute atomic E-state index is 13.4. The van der Waals surface area contributed by atoms with Gasteiger partial charge >= 0.3 is 0 Å². The molecule has 1 saturated heterocycles. The van der Waals surface area contributed by atoms with E-state index in [1.165, 1.54) is 34.9 Å². The van der Waals surface area contributed by atoms with Crippen LogP contribution in [-0.2, 0) is 11.3 Å². The van der Waals surface area contributed by atoms with Crippen molar-refractivity contribution >= 4 is 29.1 Å². The Balaban J connectivity index is 1.37. The molecule has 4 rings (SSSR count). The fourth-order valence-corrected chi connectivity index (χ4v) is 4.26. The minimum absolute atomic E-state index is 0.172. The zero-order valence-corrected chi connectivity index (χ0v) is 20.0. The molecule has 1 aliphatic heterocycles. The third-order valence-electron chi connectivity index (χ3n) is 6.15. The number of amides is 2. The molecule has 1 unspecified atom stereocenters. The van der Waals surface area contributed by atoms with Crippen molar-refractivity contribution in [3.63, 3.8) is 0 Å². The Hall–Kier alpha value is -3.49. The molecule has 1 aliphatic rings. The third kappa shape index (κ3) is 5.96. The molecular formula is C26H26ClFN4O3. The van der Waals surface area contributed by atoms with Crippen LogP contribution in [0.15, 0.2) is 71.7 Å². The Morgan fingerprint density at radius 3 is 2.49 bits per heavy atom. The molecule has 1 N–H and O–H groups in total. The van der Waals surface area contributed by atoms with E-state index in [0.29, 0.717) is 42.5 Å². The second-order valence-corrected chi connectivity index (χ2v) is 8.89. The van der Waals surface area contributed by atoms with Gasteiger partial charge in [-0.3, -0.25) is 19.3 Å². The molecule has 2 amide bonds. The number of nitrogens with one attached hydrogen (secondary N) is 1. The van der Waals surface area contributed by atoms with Gasteiger partial charge in [-0.15, -0.1) is 0 Å². The summed E-state index contributed by atoms with van der Waals surface area (Å²) >= 11 is 6.22. The molecule has 2 aromatic carbocycles. The van der Waals surface area contributed by atoms with Gasteiger partial charge in [-0.25, -0.2) is 4.39 Å². The van der Waals surface area contributed by atoms with Gasteiger partial charge in [0, 0.05) is 49.2 Å². The second kappa shape index (κ2) is 10.8. The number of anilines is 1. The monoisotopic (exact) mass is 496 g/mol. The van der Waals surface area contributed by atoms with Crippen LogP contribution < -0.4 is 10.9 Å². The number of piperazine rings is 1. The van der Waals surface area contributed by atoms with Crippen molar-refractivity contribution in [3.05, 3.63) is 99.2 Å². The lowest BCUT2D eigenvalue weighted by molar-refractivity contribution is -0.121. The zero-order valence-electron chi connectivity index (χ0n) is 19.3. The molecule has 0 radical (unpaired) electrons. The van der Waals surface area contributed by atoms with Crippen LogP contribution in [0.3, 0.4) is 0 Å². The van der Waals surface area contributed by atoms with E-state index < -0.39 is 11.9 Å². The van der Waals surface area contributed by atoms with Crippen LogP contribution in [0.4, 0.5) is 10.1 Å². The van der Waals surface area contributed by atoms with E-state index in [0.717, 1.165) is 5.56 Å². The first-order valence-electron chi connectivity index (χ1n) is 11.4.